The van der Waals surface area contributed by atoms with Crippen molar-refractivity contribution in [2.45, 2.75) is 39.4 Å². The Bertz CT molecular complexity index is 178. The van der Waals surface area contributed by atoms with Crippen molar-refractivity contribution in [1.82, 2.24) is 0 Å². The highest BCUT2D eigenvalue weighted by molar-refractivity contribution is 5.75. The molecule has 0 aromatic rings. The van der Waals surface area contributed by atoms with Gasteiger partial charge in [-0.1, -0.05) is 0 Å². The molecule has 0 unspecified atom stereocenters. The van der Waals surface area contributed by atoms with Gasteiger partial charge in [-0.2, -0.15) is 0 Å². The maximum Gasteiger partial charge on any atom is 0.312 e. The molecule has 64 valence electrons. The summed E-state index contributed by atoms with van der Waals surface area (Å²) in [5, 5.41) is 8.88. The van der Waals surface area contributed by atoms with Gasteiger partial charge in [0.1, 0.15) is 0 Å². The maximum atomic E-state index is 10.8. The SMILES string of the molecule is C[C@@H]1C[C@](C)(C(=O)O)[C@@H](C)O1. The van der Waals surface area contributed by atoms with Gasteiger partial charge >= 0.3 is 5.97 Å². The van der Waals surface area contributed by atoms with Crippen molar-refractivity contribution in [2.75, 3.05) is 0 Å². The maximum absolute atomic E-state index is 10.8. The Morgan fingerprint density at radius 3 is 2.36 bits per heavy atom. The standard InChI is InChI=1S/C8H14O3/c1-5-4-8(3,7(9)10)6(2)11-5/h5-6H,4H2,1-3H3,(H,9,10)/t5-,6-,8+/m1/s1. The van der Waals surface area contributed by atoms with Crippen LogP contribution < -0.4 is 0 Å². The van der Waals surface area contributed by atoms with Gasteiger partial charge in [-0.15, -0.1) is 0 Å². The lowest BCUT2D eigenvalue weighted by atomic mass is 9.83. The summed E-state index contributed by atoms with van der Waals surface area (Å²) in [6.45, 7) is 5.46. The predicted octanol–water partition coefficient (Wildman–Crippen LogP) is 1.27. The third-order valence-corrected chi connectivity index (χ3v) is 2.53. The summed E-state index contributed by atoms with van der Waals surface area (Å²) < 4.78 is 5.36. The Kier molecular flexibility index (Phi) is 1.92. The Hall–Kier alpha value is -0.570. The third kappa shape index (κ3) is 1.25. The van der Waals surface area contributed by atoms with Crippen LogP contribution in [0.2, 0.25) is 0 Å². The number of carbonyl (C=O) groups is 1. The molecule has 0 saturated carbocycles. The molecule has 0 aliphatic carbocycles. The molecule has 1 N–H and O–H groups in total. The first-order valence-corrected chi connectivity index (χ1v) is 3.85. The van der Waals surface area contributed by atoms with Crippen LogP contribution in [-0.2, 0) is 9.53 Å². The van der Waals surface area contributed by atoms with Crippen LogP contribution in [0.1, 0.15) is 27.2 Å². The van der Waals surface area contributed by atoms with Crippen molar-refractivity contribution in [3.05, 3.63) is 0 Å². The molecule has 0 aromatic heterocycles. The van der Waals surface area contributed by atoms with Crippen LogP contribution in [0.25, 0.3) is 0 Å². The predicted molar refractivity (Wildman–Crippen MR) is 40.4 cm³/mol. The minimum atomic E-state index is -0.755. The third-order valence-electron chi connectivity index (χ3n) is 2.53. The van der Waals surface area contributed by atoms with Gasteiger partial charge in [-0.05, 0) is 27.2 Å². The summed E-state index contributed by atoms with van der Waals surface area (Å²) in [6, 6.07) is 0. The molecule has 1 rings (SSSR count). The molecule has 1 saturated heterocycles. The molecule has 0 radical (unpaired) electrons. The topological polar surface area (TPSA) is 46.5 Å². The number of aliphatic carboxylic acids is 1. The van der Waals surface area contributed by atoms with Crippen molar-refractivity contribution in [1.29, 1.82) is 0 Å². The first kappa shape index (κ1) is 8.53. The van der Waals surface area contributed by atoms with E-state index in [2.05, 4.69) is 0 Å². The quantitative estimate of drug-likeness (QED) is 0.625. The van der Waals surface area contributed by atoms with E-state index in [4.69, 9.17) is 9.84 Å². The van der Waals surface area contributed by atoms with Gasteiger partial charge in [0.05, 0.1) is 17.6 Å². The average molecular weight is 158 g/mol. The van der Waals surface area contributed by atoms with Crippen LogP contribution in [-0.4, -0.2) is 23.3 Å². The molecule has 0 amide bonds. The van der Waals surface area contributed by atoms with E-state index in [0.717, 1.165) is 0 Å². The van der Waals surface area contributed by atoms with Crippen LogP contribution in [0.3, 0.4) is 0 Å². The molecule has 0 spiro atoms. The van der Waals surface area contributed by atoms with Crippen LogP contribution in [0, 0.1) is 5.41 Å². The zero-order chi connectivity index (χ0) is 8.65. The molecule has 11 heavy (non-hydrogen) atoms. The number of ether oxygens (including phenoxy) is 1. The number of hydrogen-bond acceptors (Lipinski definition) is 2. The molecular formula is C8H14O3. The Balaban J connectivity index is 2.79. The summed E-state index contributed by atoms with van der Waals surface area (Å²) >= 11 is 0. The molecule has 1 heterocycles. The van der Waals surface area contributed by atoms with Crippen LogP contribution in [0.4, 0.5) is 0 Å². The van der Waals surface area contributed by atoms with E-state index in [1.54, 1.807) is 6.92 Å². The first-order chi connectivity index (χ1) is 4.97. The van der Waals surface area contributed by atoms with Gasteiger partial charge in [0.2, 0.25) is 0 Å². The van der Waals surface area contributed by atoms with Crippen LogP contribution in [0.15, 0.2) is 0 Å². The number of carboxylic acids is 1. The normalized spacial score (nSPS) is 44.3. The Morgan fingerprint density at radius 2 is 2.18 bits per heavy atom. The molecule has 3 nitrogen and oxygen atoms in total. The highest BCUT2D eigenvalue weighted by Gasteiger charge is 2.46. The molecule has 0 aromatic carbocycles. The molecule has 3 heteroatoms. The lowest BCUT2D eigenvalue weighted by Gasteiger charge is -2.21. The van der Waals surface area contributed by atoms with Gasteiger partial charge in [0.15, 0.2) is 0 Å². The van der Waals surface area contributed by atoms with E-state index >= 15 is 0 Å². The van der Waals surface area contributed by atoms with E-state index in [0.29, 0.717) is 6.42 Å². The van der Waals surface area contributed by atoms with Crippen LogP contribution in [0.5, 0.6) is 0 Å². The second-order valence-corrected chi connectivity index (χ2v) is 3.52. The smallest absolute Gasteiger partial charge is 0.312 e. The van der Waals surface area contributed by atoms with Crippen molar-refractivity contribution in [2.24, 2.45) is 5.41 Å². The average Bonchev–Trinajstić information content (AvgIpc) is 2.08. The lowest BCUT2D eigenvalue weighted by molar-refractivity contribution is -0.150. The summed E-state index contributed by atoms with van der Waals surface area (Å²) in [4.78, 5) is 10.8. The van der Waals surface area contributed by atoms with E-state index in [9.17, 15) is 4.79 Å². The van der Waals surface area contributed by atoms with Crippen molar-refractivity contribution >= 4 is 5.97 Å². The molecule has 1 aliphatic rings. The van der Waals surface area contributed by atoms with Crippen molar-refractivity contribution in [3.63, 3.8) is 0 Å². The summed E-state index contributed by atoms with van der Waals surface area (Å²) in [7, 11) is 0. The number of rotatable bonds is 1. The monoisotopic (exact) mass is 158 g/mol. The molecule has 1 fully saturated rings. The summed E-state index contributed by atoms with van der Waals surface area (Å²) in [6.07, 6.45) is 0.518. The highest BCUT2D eigenvalue weighted by Crippen LogP contribution is 2.38. The lowest BCUT2D eigenvalue weighted by Crippen LogP contribution is -2.33. The molecule has 3 atom stereocenters. The van der Waals surface area contributed by atoms with Gasteiger partial charge in [0, 0.05) is 0 Å². The van der Waals surface area contributed by atoms with Gasteiger partial charge in [0.25, 0.3) is 0 Å². The summed E-state index contributed by atoms with van der Waals surface area (Å²) in [5.41, 5.74) is -0.681. The Morgan fingerprint density at radius 1 is 1.64 bits per heavy atom. The molecular weight excluding hydrogens is 144 g/mol. The minimum absolute atomic E-state index is 0.0751. The second kappa shape index (κ2) is 2.48. The second-order valence-electron chi connectivity index (χ2n) is 3.52. The van der Waals surface area contributed by atoms with Gasteiger partial charge in [-0.25, -0.2) is 0 Å². The van der Waals surface area contributed by atoms with E-state index in [-0.39, 0.29) is 12.2 Å². The fourth-order valence-electron chi connectivity index (χ4n) is 1.57. The fraction of sp³-hybridized carbons (Fsp3) is 0.875. The number of hydrogen-bond donors (Lipinski definition) is 1. The fourth-order valence-corrected chi connectivity index (χ4v) is 1.57. The first-order valence-electron chi connectivity index (χ1n) is 3.85. The van der Waals surface area contributed by atoms with Gasteiger partial charge in [-0.3, -0.25) is 4.79 Å². The van der Waals surface area contributed by atoms with Crippen molar-refractivity contribution < 1.29 is 14.6 Å². The van der Waals surface area contributed by atoms with Crippen molar-refractivity contribution in [3.8, 4) is 0 Å². The summed E-state index contributed by atoms with van der Waals surface area (Å²) in [5.74, 6) is -0.755. The zero-order valence-corrected chi connectivity index (χ0v) is 7.13. The number of carboxylic acid groups (broad SMARTS) is 1. The Labute approximate surface area is 66.4 Å². The van der Waals surface area contributed by atoms with E-state index in [1.807, 2.05) is 13.8 Å². The van der Waals surface area contributed by atoms with Crippen LogP contribution >= 0.6 is 0 Å². The van der Waals surface area contributed by atoms with E-state index in [1.165, 1.54) is 0 Å². The largest absolute Gasteiger partial charge is 0.481 e. The minimum Gasteiger partial charge on any atom is -0.481 e. The highest BCUT2D eigenvalue weighted by atomic mass is 16.5. The van der Waals surface area contributed by atoms with E-state index < -0.39 is 11.4 Å². The molecule has 0 bridgehead atoms. The van der Waals surface area contributed by atoms with Gasteiger partial charge < -0.3 is 9.84 Å². The molecule has 1 aliphatic heterocycles. The zero-order valence-electron chi connectivity index (χ0n) is 7.13.